The second kappa shape index (κ2) is 10.5. The molecule has 32 heavy (non-hydrogen) atoms. The summed E-state index contributed by atoms with van der Waals surface area (Å²) in [6.45, 7) is 9.79. The molecular weight excluding hydrogens is 449 g/mol. The van der Waals surface area contributed by atoms with Gasteiger partial charge in [-0.2, -0.15) is 0 Å². The van der Waals surface area contributed by atoms with E-state index in [1.165, 1.54) is 18.4 Å². The van der Waals surface area contributed by atoms with E-state index in [1.54, 1.807) is 24.7 Å². The molecule has 0 N–H and O–H groups in total. The van der Waals surface area contributed by atoms with Gasteiger partial charge >= 0.3 is 5.97 Å². The molecule has 9 heteroatoms. The minimum atomic E-state index is -3.01. The first-order chi connectivity index (χ1) is 14.9. The number of hydrogen-bond donors (Lipinski definition) is 0. The van der Waals surface area contributed by atoms with Crippen LogP contribution in [0.4, 0.5) is 5.69 Å². The van der Waals surface area contributed by atoms with Gasteiger partial charge in [0.05, 0.1) is 24.3 Å². The lowest BCUT2D eigenvalue weighted by Gasteiger charge is -2.44. The summed E-state index contributed by atoms with van der Waals surface area (Å²) in [5.41, 5.74) is 0.302. The molecule has 1 saturated carbocycles. The van der Waals surface area contributed by atoms with Crippen LogP contribution in [0.2, 0.25) is 0 Å². The van der Waals surface area contributed by atoms with Crippen LogP contribution in [0.3, 0.4) is 0 Å². The smallest absolute Gasteiger partial charge is 0.350 e. The summed E-state index contributed by atoms with van der Waals surface area (Å²) in [5.74, 6) is 5.76. The standard InChI is InChI=1S/C23H34NO6PS/c1-8-30-31(7,27)23(29-6)13-9-17(10-14-23)24(16-25)19-15-18(11-12-22(2,3)4)32-20(19)21(26)28-5/h15-17H,8-10,13-14H2,1-7H3. The van der Waals surface area contributed by atoms with Crippen molar-refractivity contribution >= 4 is 36.8 Å². The first-order valence-electron chi connectivity index (χ1n) is 10.7. The molecule has 0 saturated heterocycles. The van der Waals surface area contributed by atoms with Crippen LogP contribution >= 0.6 is 18.7 Å². The Bertz CT molecular complexity index is 931. The SMILES string of the molecule is CCOP(C)(=O)C1(OC)CCC(N(C=O)c2cc(C#CC(C)(C)C)sc2C(=O)OC)CC1. The summed E-state index contributed by atoms with van der Waals surface area (Å²) >= 11 is 1.22. The summed E-state index contributed by atoms with van der Waals surface area (Å²) in [4.78, 5) is 27.2. The normalized spacial score (nSPS) is 22.9. The summed E-state index contributed by atoms with van der Waals surface area (Å²) in [6, 6.07) is 1.60. The number of thiophene rings is 1. The number of ether oxygens (including phenoxy) is 2. The molecule has 1 aromatic rings. The zero-order valence-electron chi connectivity index (χ0n) is 20.0. The molecule has 1 aliphatic carbocycles. The third kappa shape index (κ3) is 5.82. The quantitative estimate of drug-likeness (QED) is 0.221. The molecule has 1 heterocycles. The van der Waals surface area contributed by atoms with E-state index in [2.05, 4.69) is 11.8 Å². The van der Waals surface area contributed by atoms with E-state index < -0.39 is 18.7 Å². The summed E-state index contributed by atoms with van der Waals surface area (Å²) < 4.78 is 29.4. The van der Waals surface area contributed by atoms with Gasteiger partial charge in [0.15, 0.2) is 0 Å². The van der Waals surface area contributed by atoms with Crippen LogP contribution in [0, 0.1) is 17.3 Å². The third-order valence-corrected chi connectivity index (χ3v) is 9.54. The molecule has 0 radical (unpaired) electrons. The fraction of sp³-hybridized carbons (Fsp3) is 0.652. The van der Waals surface area contributed by atoms with Gasteiger partial charge in [-0.15, -0.1) is 11.3 Å². The van der Waals surface area contributed by atoms with Gasteiger partial charge in [0.25, 0.3) is 0 Å². The van der Waals surface area contributed by atoms with Crippen molar-refractivity contribution in [1.82, 2.24) is 0 Å². The monoisotopic (exact) mass is 483 g/mol. The van der Waals surface area contributed by atoms with Gasteiger partial charge in [-0.25, -0.2) is 4.79 Å². The number of carbonyl (C=O) groups excluding carboxylic acids is 2. The second-order valence-electron chi connectivity index (χ2n) is 8.97. The van der Waals surface area contributed by atoms with Crippen molar-refractivity contribution in [1.29, 1.82) is 0 Å². The average Bonchev–Trinajstić information content (AvgIpc) is 3.16. The van der Waals surface area contributed by atoms with E-state index in [0.717, 1.165) is 6.41 Å². The molecule has 0 spiro atoms. The molecule has 1 aliphatic rings. The third-order valence-electron chi connectivity index (χ3n) is 5.66. The maximum atomic E-state index is 13.2. The molecule has 2 rings (SSSR count). The maximum Gasteiger partial charge on any atom is 0.350 e. The van der Waals surface area contributed by atoms with Crippen molar-refractivity contribution in [3.8, 4) is 11.8 Å². The molecule has 1 atom stereocenters. The van der Waals surface area contributed by atoms with E-state index in [-0.39, 0.29) is 11.5 Å². The van der Waals surface area contributed by atoms with Crippen molar-refractivity contribution in [2.24, 2.45) is 5.41 Å². The molecular formula is C23H34NO6PS. The van der Waals surface area contributed by atoms with Gasteiger partial charge in [0, 0.05) is 25.2 Å². The highest BCUT2D eigenvalue weighted by molar-refractivity contribution is 7.59. The maximum absolute atomic E-state index is 13.2. The highest BCUT2D eigenvalue weighted by atomic mass is 32.1. The van der Waals surface area contributed by atoms with Crippen molar-refractivity contribution in [3.05, 3.63) is 15.8 Å². The average molecular weight is 484 g/mol. The van der Waals surface area contributed by atoms with Gasteiger partial charge in [0.1, 0.15) is 10.2 Å². The molecule has 0 bridgehead atoms. The molecule has 1 fully saturated rings. The number of amides is 1. The number of hydrogen-bond acceptors (Lipinski definition) is 7. The minimum Gasteiger partial charge on any atom is -0.465 e. The highest BCUT2D eigenvalue weighted by Crippen LogP contribution is 2.62. The Hall–Kier alpha value is -1.65. The fourth-order valence-electron chi connectivity index (χ4n) is 3.93. The Labute approximate surface area is 195 Å². The van der Waals surface area contributed by atoms with Gasteiger partial charge in [-0.3, -0.25) is 9.36 Å². The van der Waals surface area contributed by atoms with Gasteiger partial charge in [-0.05, 0) is 59.4 Å². The molecule has 7 nitrogen and oxygen atoms in total. The molecule has 178 valence electrons. The Morgan fingerprint density at radius 1 is 1.34 bits per heavy atom. The number of carbonyl (C=O) groups is 2. The van der Waals surface area contributed by atoms with Gasteiger partial charge < -0.3 is 18.9 Å². The lowest BCUT2D eigenvalue weighted by molar-refractivity contribution is -0.108. The largest absolute Gasteiger partial charge is 0.465 e. The lowest BCUT2D eigenvalue weighted by atomic mass is 9.91. The molecule has 1 amide bonds. The Kier molecular flexibility index (Phi) is 8.75. The zero-order chi connectivity index (χ0) is 24.2. The Morgan fingerprint density at radius 3 is 2.44 bits per heavy atom. The Morgan fingerprint density at radius 2 is 1.97 bits per heavy atom. The first kappa shape index (κ1) is 26.6. The number of rotatable bonds is 8. The van der Waals surface area contributed by atoms with Crippen LogP contribution in [0.5, 0.6) is 0 Å². The van der Waals surface area contributed by atoms with Crippen molar-refractivity contribution in [2.45, 2.75) is 64.8 Å². The van der Waals surface area contributed by atoms with Crippen LogP contribution in [0.15, 0.2) is 6.07 Å². The summed E-state index contributed by atoms with van der Waals surface area (Å²) in [7, 11) is -0.132. The van der Waals surface area contributed by atoms with Crippen molar-refractivity contribution < 1.29 is 28.2 Å². The molecule has 1 unspecified atom stereocenters. The van der Waals surface area contributed by atoms with Gasteiger partial charge in [-0.1, -0.05) is 11.8 Å². The topological polar surface area (TPSA) is 82.1 Å². The molecule has 0 aromatic carbocycles. The Balaban J connectivity index is 2.35. The summed E-state index contributed by atoms with van der Waals surface area (Å²) in [5, 5.41) is -0.864. The van der Waals surface area contributed by atoms with Gasteiger partial charge in [0.2, 0.25) is 13.8 Å². The van der Waals surface area contributed by atoms with E-state index in [9.17, 15) is 14.2 Å². The predicted octanol–water partition coefficient (Wildman–Crippen LogP) is 5.12. The van der Waals surface area contributed by atoms with Crippen molar-refractivity contribution in [3.63, 3.8) is 0 Å². The van der Waals surface area contributed by atoms with Crippen molar-refractivity contribution in [2.75, 3.05) is 32.4 Å². The van der Waals surface area contributed by atoms with Crippen LogP contribution < -0.4 is 4.90 Å². The van der Waals surface area contributed by atoms with Crippen LogP contribution in [0.1, 0.15) is 67.9 Å². The van der Waals surface area contributed by atoms with E-state index in [4.69, 9.17) is 14.0 Å². The zero-order valence-corrected chi connectivity index (χ0v) is 21.7. The number of esters is 1. The fourth-order valence-corrected chi connectivity index (χ4v) is 6.99. The van der Waals surface area contributed by atoms with E-state index in [1.807, 2.05) is 27.7 Å². The van der Waals surface area contributed by atoms with Crippen LogP contribution in [-0.2, 0) is 23.4 Å². The number of methoxy groups -OCH3 is 2. The second-order valence-corrected chi connectivity index (χ2v) is 12.8. The lowest BCUT2D eigenvalue weighted by Crippen LogP contribution is -2.44. The predicted molar refractivity (Wildman–Crippen MR) is 128 cm³/mol. The molecule has 1 aromatic heterocycles. The molecule has 0 aliphatic heterocycles. The number of anilines is 1. The highest BCUT2D eigenvalue weighted by Gasteiger charge is 2.49. The van der Waals surface area contributed by atoms with Crippen LogP contribution in [0.25, 0.3) is 0 Å². The first-order valence-corrected chi connectivity index (χ1v) is 13.6. The van der Waals surface area contributed by atoms with E-state index in [0.29, 0.717) is 47.7 Å². The van der Waals surface area contributed by atoms with Crippen LogP contribution in [-0.4, -0.2) is 51.3 Å². The minimum absolute atomic E-state index is 0.168. The summed E-state index contributed by atoms with van der Waals surface area (Å²) in [6.07, 6.45) is 2.85. The van der Waals surface area contributed by atoms with E-state index >= 15 is 0 Å². The number of nitrogens with zero attached hydrogens (tertiary/aromatic N) is 1.